The number of aryl methyl sites for hydroxylation is 1. The molecule has 0 radical (unpaired) electrons. The molecule has 1 saturated heterocycles. The number of halogens is 1. The van der Waals surface area contributed by atoms with Gasteiger partial charge in [-0.2, -0.15) is 4.31 Å². The van der Waals surface area contributed by atoms with Crippen LogP contribution in [0.3, 0.4) is 0 Å². The Morgan fingerprint density at radius 3 is 2.75 bits per heavy atom. The molecule has 2 atom stereocenters. The number of benzene rings is 1. The van der Waals surface area contributed by atoms with Gasteiger partial charge in [0.05, 0.1) is 12.6 Å². The van der Waals surface area contributed by atoms with Crippen molar-refractivity contribution in [3.8, 4) is 0 Å². The van der Waals surface area contributed by atoms with Crippen LogP contribution in [-0.4, -0.2) is 37.0 Å². The number of hydrogen-bond donors (Lipinski definition) is 1. The molecule has 112 valence electrons. The molecule has 0 bridgehead atoms. The predicted octanol–water partition coefficient (Wildman–Crippen LogP) is 1.92. The van der Waals surface area contributed by atoms with Crippen LogP contribution in [0.25, 0.3) is 0 Å². The second-order valence-corrected chi connectivity index (χ2v) is 7.28. The van der Waals surface area contributed by atoms with Crippen LogP contribution in [0.2, 0.25) is 0 Å². The Balaban J connectivity index is 2.43. The molecule has 1 heterocycles. The third kappa shape index (κ3) is 2.73. The highest BCUT2D eigenvalue weighted by Crippen LogP contribution is 2.30. The maximum absolute atomic E-state index is 14.0. The van der Waals surface area contributed by atoms with Crippen molar-refractivity contribution < 1.29 is 17.9 Å². The van der Waals surface area contributed by atoms with Gasteiger partial charge in [0.15, 0.2) is 0 Å². The Bertz CT molecular complexity index is 588. The van der Waals surface area contributed by atoms with Gasteiger partial charge in [-0.05, 0) is 43.4 Å². The minimum absolute atomic E-state index is 0.0667. The van der Waals surface area contributed by atoms with Crippen LogP contribution in [0.1, 0.15) is 25.3 Å². The molecule has 2 unspecified atom stereocenters. The van der Waals surface area contributed by atoms with Crippen molar-refractivity contribution in [2.24, 2.45) is 5.92 Å². The fourth-order valence-corrected chi connectivity index (χ4v) is 4.52. The average molecular weight is 301 g/mol. The smallest absolute Gasteiger partial charge is 0.246 e. The number of aliphatic hydroxyl groups is 1. The molecule has 0 aromatic heterocycles. The van der Waals surface area contributed by atoms with E-state index in [4.69, 9.17) is 0 Å². The summed E-state index contributed by atoms with van der Waals surface area (Å²) in [7, 11) is -3.91. The summed E-state index contributed by atoms with van der Waals surface area (Å²) in [6.07, 6.45) is 1.60. The van der Waals surface area contributed by atoms with Crippen molar-refractivity contribution in [2.45, 2.75) is 37.6 Å². The second kappa shape index (κ2) is 5.79. The van der Waals surface area contributed by atoms with Gasteiger partial charge < -0.3 is 5.11 Å². The summed E-state index contributed by atoms with van der Waals surface area (Å²) < 4.78 is 40.4. The van der Waals surface area contributed by atoms with E-state index in [1.165, 1.54) is 16.4 Å². The van der Waals surface area contributed by atoms with Crippen LogP contribution in [-0.2, 0) is 10.0 Å². The lowest BCUT2D eigenvalue weighted by Crippen LogP contribution is -2.49. The lowest BCUT2D eigenvalue weighted by Gasteiger charge is -2.37. The molecular weight excluding hydrogens is 281 g/mol. The van der Waals surface area contributed by atoms with E-state index in [1.54, 1.807) is 13.0 Å². The van der Waals surface area contributed by atoms with Crippen molar-refractivity contribution in [1.29, 1.82) is 0 Å². The van der Waals surface area contributed by atoms with Crippen LogP contribution in [0.4, 0.5) is 4.39 Å². The second-order valence-electron chi connectivity index (χ2n) is 5.42. The Morgan fingerprint density at radius 1 is 1.45 bits per heavy atom. The molecule has 0 spiro atoms. The van der Waals surface area contributed by atoms with Gasteiger partial charge in [-0.1, -0.05) is 13.0 Å². The first-order chi connectivity index (χ1) is 9.37. The van der Waals surface area contributed by atoms with E-state index < -0.39 is 21.9 Å². The highest BCUT2D eigenvalue weighted by Gasteiger charge is 2.37. The molecule has 0 aliphatic carbocycles. The van der Waals surface area contributed by atoms with Crippen molar-refractivity contribution in [3.63, 3.8) is 0 Å². The third-order valence-electron chi connectivity index (χ3n) is 3.93. The van der Waals surface area contributed by atoms with Crippen molar-refractivity contribution in [2.75, 3.05) is 13.2 Å². The first-order valence-electron chi connectivity index (χ1n) is 6.76. The van der Waals surface area contributed by atoms with Crippen LogP contribution < -0.4 is 0 Å². The average Bonchev–Trinajstić information content (AvgIpc) is 2.37. The summed E-state index contributed by atoms with van der Waals surface area (Å²) in [5.41, 5.74) is 0.673. The fraction of sp³-hybridized carbons (Fsp3) is 0.571. The van der Waals surface area contributed by atoms with E-state index in [-0.39, 0.29) is 17.4 Å². The Kier molecular flexibility index (Phi) is 4.46. The zero-order valence-corrected chi connectivity index (χ0v) is 12.5. The van der Waals surface area contributed by atoms with Crippen molar-refractivity contribution in [3.05, 3.63) is 29.6 Å². The summed E-state index contributed by atoms with van der Waals surface area (Å²) in [5.74, 6) is -0.669. The lowest BCUT2D eigenvalue weighted by atomic mass is 9.93. The first-order valence-corrected chi connectivity index (χ1v) is 8.20. The minimum atomic E-state index is -3.91. The number of nitrogens with zero attached hydrogens (tertiary/aromatic N) is 1. The quantitative estimate of drug-likeness (QED) is 0.928. The highest BCUT2D eigenvalue weighted by atomic mass is 32.2. The van der Waals surface area contributed by atoms with Gasteiger partial charge in [-0.25, -0.2) is 12.8 Å². The van der Waals surface area contributed by atoms with Gasteiger partial charge >= 0.3 is 0 Å². The van der Waals surface area contributed by atoms with Gasteiger partial charge in [0, 0.05) is 6.54 Å². The van der Waals surface area contributed by atoms with E-state index in [0.29, 0.717) is 12.1 Å². The van der Waals surface area contributed by atoms with E-state index in [1.807, 2.05) is 6.92 Å². The SMILES string of the molecule is Cc1ccc(S(=O)(=O)N2CCCC(C)C2CO)c(F)c1. The molecule has 1 aliphatic rings. The topological polar surface area (TPSA) is 57.6 Å². The van der Waals surface area contributed by atoms with Crippen LogP contribution in [0, 0.1) is 18.7 Å². The molecule has 2 rings (SSSR count). The number of rotatable bonds is 3. The molecule has 1 aromatic carbocycles. The molecule has 1 aromatic rings. The third-order valence-corrected chi connectivity index (χ3v) is 5.88. The summed E-state index contributed by atoms with van der Waals surface area (Å²) in [6, 6.07) is 3.62. The lowest BCUT2D eigenvalue weighted by molar-refractivity contribution is 0.113. The zero-order chi connectivity index (χ0) is 14.9. The van der Waals surface area contributed by atoms with E-state index in [0.717, 1.165) is 12.8 Å². The molecule has 1 aliphatic heterocycles. The molecule has 1 N–H and O–H groups in total. The summed E-state index contributed by atoms with van der Waals surface area (Å²) in [6.45, 7) is 3.70. The summed E-state index contributed by atoms with van der Waals surface area (Å²) in [5, 5.41) is 9.46. The monoisotopic (exact) mass is 301 g/mol. The number of hydrogen-bond acceptors (Lipinski definition) is 3. The molecule has 0 amide bonds. The molecular formula is C14H20FNO3S. The predicted molar refractivity (Wildman–Crippen MR) is 74.3 cm³/mol. The molecule has 4 nitrogen and oxygen atoms in total. The minimum Gasteiger partial charge on any atom is -0.395 e. The normalized spacial score (nSPS) is 24.8. The largest absolute Gasteiger partial charge is 0.395 e. The van der Waals surface area contributed by atoms with Gasteiger partial charge in [-0.3, -0.25) is 0 Å². The Labute approximate surface area is 119 Å². The van der Waals surface area contributed by atoms with Crippen LogP contribution in [0.15, 0.2) is 23.1 Å². The Hall–Kier alpha value is -0.980. The summed E-state index contributed by atoms with van der Waals surface area (Å²) in [4.78, 5) is -0.310. The maximum Gasteiger partial charge on any atom is 0.246 e. The highest BCUT2D eigenvalue weighted by molar-refractivity contribution is 7.89. The van der Waals surface area contributed by atoms with Crippen molar-refractivity contribution >= 4 is 10.0 Å². The number of aliphatic hydroxyl groups excluding tert-OH is 1. The molecule has 6 heteroatoms. The van der Waals surface area contributed by atoms with Gasteiger partial charge in [-0.15, -0.1) is 0 Å². The van der Waals surface area contributed by atoms with Gasteiger partial charge in [0.2, 0.25) is 10.0 Å². The van der Waals surface area contributed by atoms with E-state index in [2.05, 4.69) is 0 Å². The van der Waals surface area contributed by atoms with Gasteiger partial charge in [0.1, 0.15) is 10.7 Å². The molecule has 0 saturated carbocycles. The molecule has 20 heavy (non-hydrogen) atoms. The summed E-state index contributed by atoms with van der Waals surface area (Å²) >= 11 is 0. The molecule has 1 fully saturated rings. The first kappa shape index (κ1) is 15.4. The Morgan fingerprint density at radius 2 is 2.15 bits per heavy atom. The van der Waals surface area contributed by atoms with Crippen LogP contribution in [0.5, 0.6) is 0 Å². The van der Waals surface area contributed by atoms with E-state index >= 15 is 0 Å². The maximum atomic E-state index is 14.0. The number of sulfonamides is 1. The standard InChI is InChI=1S/C14H20FNO3S/c1-10-5-6-14(12(15)8-10)20(18,19)16-7-3-4-11(2)13(16)9-17/h5-6,8,11,13,17H,3-4,7,9H2,1-2H3. The number of piperidine rings is 1. The van der Waals surface area contributed by atoms with Crippen LogP contribution >= 0.6 is 0 Å². The fourth-order valence-electron chi connectivity index (χ4n) is 2.72. The van der Waals surface area contributed by atoms with E-state index in [9.17, 15) is 17.9 Å². The van der Waals surface area contributed by atoms with Gasteiger partial charge in [0.25, 0.3) is 0 Å². The van der Waals surface area contributed by atoms with Crippen molar-refractivity contribution in [1.82, 2.24) is 4.31 Å². The zero-order valence-electron chi connectivity index (χ0n) is 11.7.